The second-order valence-corrected chi connectivity index (χ2v) is 8.71. The summed E-state index contributed by atoms with van der Waals surface area (Å²) in [6.07, 6.45) is -3.29. The van der Waals surface area contributed by atoms with Gasteiger partial charge < -0.3 is 35.1 Å². The summed E-state index contributed by atoms with van der Waals surface area (Å²) in [5.41, 5.74) is 1.79. The zero-order chi connectivity index (χ0) is 26.1. The number of aliphatic hydroxyl groups excluding tert-OH is 2. The molecule has 2 amide bonds. The van der Waals surface area contributed by atoms with Crippen LogP contribution in [0.5, 0.6) is 11.5 Å². The number of amides is 2. The van der Waals surface area contributed by atoms with E-state index in [1.807, 2.05) is 0 Å². The van der Waals surface area contributed by atoms with E-state index >= 15 is 0 Å². The lowest BCUT2D eigenvalue weighted by Gasteiger charge is -2.23. The molecule has 0 spiro atoms. The Morgan fingerprint density at radius 2 is 2.11 bits per heavy atom. The number of pyridine rings is 1. The summed E-state index contributed by atoms with van der Waals surface area (Å²) in [5, 5.41) is 27.4. The fraction of sp³-hybridized carbons (Fsp3) is 0.320. The van der Waals surface area contributed by atoms with E-state index in [1.54, 1.807) is 36.4 Å². The van der Waals surface area contributed by atoms with Crippen LogP contribution in [0.4, 0.5) is 20.6 Å². The molecule has 3 atom stereocenters. The van der Waals surface area contributed by atoms with Crippen LogP contribution in [0.2, 0.25) is 0 Å². The molecule has 3 aromatic rings. The van der Waals surface area contributed by atoms with Crippen LogP contribution < -0.4 is 25.0 Å². The van der Waals surface area contributed by atoms with Crippen molar-refractivity contribution in [2.24, 2.45) is 0 Å². The third-order valence-electron chi connectivity index (χ3n) is 6.31. The predicted octanol–water partition coefficient (Wildman–Crippen LogP) is 1.55. The highest BCUT2D eigenvalue weighted by atomic mass is 19.1. The van der Waals surface area contributed by atoms with Gasteiger partial charge >= 0.3 is 6.09 Å². The van der Waals surface area contributed by atoms with Gasteiger partial charge in [0.1, 0.15) is 23.4 Å². The summed E-state index contributed by atoms with van der Waals surface area (Å²) in [4.78, 5) is 29.4. The Balaban J connectivity index is 1.21. The molecule has 4 N–H and O–H groups in total. The second kappa shape index (κ2) is 10.2. The first kappa shape index (κ1) is 24.7. The Hall–Kier alpha value is -4.00. The Bertz CT molecular complexity index is 1350. The van der Waals surface area contributed by atoms with Gasteiger partial charge in [0, 0.05) is 29.7 Å². The SMILES string of the molecule is COc1ccc2ncc(F)c(CNC[C@@H](O)C(O)[C@H]3CN(c4ccc5c(c4)NC(=O)CO5)C(=O)O3)c2c1. The fourth-order valence-electron chi connectivity index (χ4n) is 4.33. The summed E-state index contributed by atoms with van der Waals surface area (Å²) >= 11 is 0. The van der Waals surface area contributed by atoms with E-state index in [9.17, 15) is 24.2 Å². The van der Waals surface area contributed by atoms with Gasteiger partial charge in [0.25, 0.3) is 5.91 Å². The molecule has 194 valence electrons. The van der Waals surface area contributed by atoms with E-state index in [1.165, 1.54) is 12.0 Å². The fourth-order valence-corrected chi connectivity index (χ4v) is 4.33. The van der Waals surface area contributed by atoms with Gasteiger partial charge in [0.05, 0.1) is 37.2 Å². The monoisotopic (exact) mass is 512 g/mol. The largest absolute Gasteiger partial charge is 0.497 e. The predicted molar refractivity (Wildman–Crippen MR) is 130 cm³/mol. The lowest BCUT2D eigenvalue weighted by molar-refractivity contribution is -0.118. The standard InChI is InChI=1S/C25H25FN4O7/c1-35-14-3-4-18-15(7-14)16(17(26)9-28-18)8-27-10-20(31)24(33)22-11-30(25(34)37-22)13-2-5-21-19(6-13)29-23(32)12-36-21/h2-7,9,20,22,24,27,31,33H,8,10-12H2,1H3,(H,29,32)/t20-,22-,24?/m1/s1. The number of aromatic nitrogens is 1. The molecule has 1 fully saturated rings. The lowest BCUT2D eigenvalue weighted by atomic mass is 10.1. The summed E-state index contributed by atoms with van der Waals surface area (Å²) in [6.45, 7) is -0.142. The maximum Gasteiger partial charge on any atom is 0.414 e. The van der Waals surface area contributed by atoms with E-state index in [0.717, 1.165) is 6.20 Å². The molecule has 1 saturated heterocycles. The first-order valence-electron chi connectivity index (χ1n) is 11.6. The number of cyclic esters (lactones) is 1. The third kappa shape index (κ3) is 4.99. The topological polar surface area (TPSA) is 142 Å². The number of rotatable bonds is 8. The molecule has 1 aromatic heterocycles. The van der Waals surface area contributed by atoms with E-state index in [-0.39, 0.29) is 32.1 Å². The first-order valence-corrected chi connectivity index (χ1v) is 11.6. The molecule has 2 aliphatic heterocycles. The van der Waals surface area contributed by atoms with Gasteiger partial charge in [-0.1, -0.05) is 0 Å². The molecule has 0 saturated carbocycles. The highest BCUT2D eigenvalue weighted by Gasteiger charge is 2.39. The first-order chi connectivity index (χ1) is 17.8. The Kier molecular flexibility index (Phi) is 6.78. The molecule has 2 aromatic carbocycles. The van der Waals surface area contributed by atoms with Crippen molar-refractivity contribution in [3.05, 3.63) is 54.0 Å². The van der Waals surface area contributed by atoms with Crippen LogP contribution in [0.25, 0.3) is 10.9 Å². The van der Waals surface area contributed by atoms with Gasteiger partial charge in [0.15, 0.2) is 12.7 Å². The number of nitrogens with one attached hydrogen (secondary N) is 2. The minimum absolute atomic E-state index is 0.0198. The molecular weight excluding hydrogens is 487 g/mol. The molecular formula is C25H25FN4O7. The number of hydrogen-bond acceptors (Lipinski definition) is 9. The quantitative estimate of drug-likeness (QED) is 0.354. The van der Waals surface area contributed by atoms with Crippen molar-refractivity contribution in [3.8, 4) is 11.5 Å². The van der Waals surface area contributed by atoms with Crippen LogP contribution >= 0.6 is 0 Å². The molecule has 11 nitrogen and oxygen atoms in total. The molecule has 37 heavy (non-hydrogen) atoms. The minimum atomic E-state index is -1.40. The average molecular weight is 512 g/mol. The molecule has 5 rings (SSSR count). The van der Waals surface area contributed by atoms with E-state index in [4.69, 9.17) is 14.2 Å². The highest BCUT2D eigenvalue weighted by Crippen LogP contribution is 2.34. The lowest BCUT2D eigenvalue weighted by Crippen LogP contribution is -2.44. The van der Waals surface area contributed by atoms with Crippen molar-refractivity contribution in [2.45, 2.75) is 24.9 Å². The maximum atomic E-state index is 14.5. The molecule has 2 aliphatic rings. The number of halogens is 1. The number of benzene rings is 2. The molecule has 0 radical (unpaired) electrons. The number of ether oxygens (including phenoxy) is 3. The number of anilines is 2. The van der Waals surface area contributed by atoms with Crippen molar-refractivity contribution >= 4 is 34.3 Å². The smallest absolute Gasteiger partial charge is 0.414 e. The van der Waals surface area contributed by atoms with Gasteiger partial charge in [-0.15, -0.1) is 0 Å². The van der Waals surface area contributed by atoms with Crippen LogP contribution in [0, 0.1) is 5.82 Å². The Morgan fingerprint density at radius 3 is 2.92 bits per heavy atom. The molecule has 12 heteroatoms. The normalized spacial score (nSPS) is 18.6. The number of aliphatic hydroxyl groups is 2. The van der Waals surface area contributed by atoms with Crippen LogP contribution in [-0.4, -0.2) is 72.3 Å². The average Bonchev–Trinajstić information content (AvgIpc) is 3.29. The van der Waals surface area contributed by atoms with Gasteiger partial charge in [-0.05, 0) is 36.4 Å². The van der Waals surface area contributed by atoms with E-state index in [0.29, 0.717) is 39.3 Å². The van der Waals surface area contributed by atoms with Gasteiger partial charge in [0.2, 0.25) is 0 Å². The van der Waals surface area contributed by atoms with Crippen molar-refractivity contribution in [1.29, 1.82) is 0 Å². The summed E-state index contributed by atoms with van der Waals surface area (Å²) in [7, 11) is 1.51. The molecule has 0 aliphatic carbocycles. The van der Waals surface area contributed by atoms with Crippen molar-refractivity contribution < 1.29 is 38.4 Å². The zero-order valence-corrected chi connectivity index (χ0v) is 19.8. The van der Waals surface area contributed by atoms with Crippen LogP contribution in [0.1, 0.15) is 5.56 Å². The number of hydrogen-bond donors (Lipinski definition) is 4. The number of methoxy groups -OCH3 is 1. The van der Waals surface area contributed by atoms with Crippen LogP contribution in [0.3, 0.4) is 0 Å². The van der Waals surface area contributed by atoms with Gasteiger partial charge in [-0.2, -0.15) is 0 Å². The molecule has 0 bridgehead atoms. The van der Waals surface area contributed by atoms with Gasteiger partial charge in [-0.3, -0.25) is 14.7 Å². The maximum absolute atomic E-state index is 14.5. The minimum Gasteiger partial charge on any atom is -0.497 e. The van der Waals surface area contributed by atoms with Crippen LogP contribution in [-0.2, 0) is 16.1 Å². The number of nitrogens with zero attached hydrogens (tertiary/aromatic N) is 2. The zero-order valence-electron chi connectivity index (χ0n) is 19.8. The van der Waals surface area contributed by atoms with Crippen molar-refractivity contribution in [1.82, 2.24) is 10.3 Å². The second-order valence-electron chi connectivity index (χ2n) is 8.71. The van der Waals surface area contributed by atoms with Gasteiger partial charge in [-0.25, -0.2) is 9.18 Å². The number of fused-ring (bicyclic) bond motifs is 2. The summed E-state index contributed by atoms with van der Waals surface area (Å²) in [6, 6.07) is 9.95. The Labute approximate surface area is 210 Å². The summed E-state index contributed by atoms with van der Waals surface area (Å²) < 4.78 is 30.3. The number of carbonyl (C=O) groups is 2. The summed E-state index contributed by atoms with van der Waals surface area (Å²) in [5.74, 6) is 0.204. The Morgan fingerprint density at radius 1 is 1.27 bits per heavy atom. The van der Waals surface area contributed by atoms with Crippen molar-refractivity contribution in [2.75, 3.05) is 37.0 Å². The van der Waals surface area contributed by atoms with Crippen LogP contribution in [0.15, 0.2) is 42.6 Å². The van der Waals surface area contributed by atoms with E-state index < -0.39 is 30.2 Å². The van der Waals surface area contributed by atoms with Crippen molar-refractivity contribution in [3.63, 3.8) is 0 Å². The molecule has 3 heterocycles. The highest BCUT2D eigenvalue weighted by molar-refractivity contribution is 5.97. The molecule has 1 unspecified atom stereocenters. The third-order valence-corrected chi connectivity index (χ3v) is 6.31. The number of carbonyl (C=O) groups excluding carboxylic acids is 2. The van der Waals surface area contributed by atoms with E-state index in [2.05, 4.69) is 15.6 Å².